The van der Waals surface area contributed by atoms with Gasteiger partial charge in [-0.15, -0.1) is 11.8 Å². The fourth-order valence-corrected chi connectivity index (χ4v) is 3.41. The molecule has 4 nitrogen and oxygen atoms in total. The predicted octanol–water partition coefficient (Wildman–Crippen LogP) is 4.14. The van der Waals surface area contributed by atoms with Gasteiger partial charge in [-0.3, -0.25) is 9.36 Å². The average molecular weight is 357 g/mol. The van der Waals surface area contributed by atoms with Crippen LogP contribution in [0.2, 0.25) is 0 Å². The second-order valence-electron chi connectivity index (χ2n) is 5.43. The maximum absolute atomic E-state index is 12.9. The number of thioether (sulfide) groups is 1. The number of rotatable bonds is 5. The van der Waals surface area contributed by atoms with Gasteiger partial charge in [0.1, 0.15) is 5.82 Å². The predicted molar refractivity (Wildman–Crippen MR) is 96.5 cm³/mol. The van der Waals surface area contributed by atoms with Gasteiger partial charge in [-0.2, -0.15) is 0 Å². The standard InChI is InChI=1S/C19H16FNO3S/c1-24-19(23)16-10-21(17-5-3-2-4-15(16)17)18(22)12-25-11-13-6-8-14(20)9-7-13/h2-10H,11-12H2,1H3. The highest BCUT2D eigenvalue weighted by Crippen LogP contribution is 2.23. The van der Waals surface area contributed by atoms with Gasteiger partial charge in [0.15, 0.2) is 0 Å². The number of esters is 1. The van der Waals surface area contributed by atoms with Crippen LogP contribution < -0.4 is 0 Å². The number of ether oxygens (including phenoxy) is 1. The Balaban J connectivity index is 1.75. The Bertz CT molecular complexity index is 918. The first-order valence-electron chi connectivity index (χ1n) is 7.64. The Labute approximate surface area is 148 Å². The Morgan fingerprint density at radius 2 is 1.84 bits per heavy atom. The molecule has 6 heteroatoms. The van der Waals surface area contributed by atoms with E-state index in [2.05, 4.69) is 0 Å². The number of hydrogen-bond donors (Lipinski definition) is 0. The van der Waals surface area contributed by atoms with Crippen LogP contribution in [0, 0.1) is 5.82 Å². The van der Waals surface area contributed by atoms with Crippen LogP contribution in [0.1, 0.15) is 20.7 Å². The number of carbonyl (C=O) groups excluding carboxylic acids is 2. The summed E-state index contributed by atoms with van der Waals surface area (Å²) >= 11 is 1.44. The highest BCUT2D eigenvalue weighted by atomic mass is 32.2. The fraction of sp³-hybridized carbons (Fsp3) is 0.158. The van der Waals surface area contributed by atoms with Crippen molar-refractivity contribution >= 4 is 34.5 Å². The molecule has 0 bridgehead atoms. The highest BCUT2D eigenvalue weighted by Gasteiger charge is 2.18. The minimum absolute atomic E-state index is 0.126. The number of nitrogens with zero attached hydrogens (tertiary/aromatic N) is 1. The zero-order valence-electron chi connectivity index (χ0n) is 13.6. The summed E-state index contributed by atoms with van der Waals surface area (Å²) in [5.41, 5.74) is 2.00. The summed E-state index contributed by atoms with van der Waals surface area (Å²) in [6, 6.07) is 13.4. The van der Waals surface area contributed by atoms with Gasteiger partial charge in [0.25, 0.3) is 0 Å². The summed E-state index contributed by atoms with van der Waals surface area (Å²) in [5.74, 6) is -0.0229. The van der Waals surface area contributed by atoms with Gasteiger partial charge in [0, 0.05) is 17.3 Å². The van der Waals surface area contributed by atoms with E-state index in [9.17, 15) is 14.0 Å². The van der Waals surface area contributed by atoms with Crippen molar-refractivity contribution < 1.29 is 18.7 Å². The number of fused-ring (bicyclic) bond motifs is 1. The molecule has 0 unspecified atom stereocenters. The van der Waals surface area contributed by atoms with Crippen molar-refractivity contribution in [1.82, 2.24) is 4.57 Å². The van der Waals surface area contributed by atoms with Crippen LogP contribution in [0.3, 0.4) is 0 Å². The van der Waals surface area contributed by atoms with Crippen molar-refractivity contribution in [2.75, 3.05) is 12.9 Å². The first-order valence-corrected chi connectivity index (χ1v) is 8.79. The normalized spacial score (nSPS) is 10.8. The van der Waals surface area contributed by atoms with E-state index in [1.807, 2.05) is 12.1 Å². The van der Waals surface area contributed by atoms with Crippen molar-refractivity contribution in [2.24, 2.45) is 0 Å². The summed E-state index contributed by atoms with van der Waals surface area (Å²) in [6.07, 6.45) is 1.53. The molecule has 3 aromatic rings. The molecular weight excluding hydrogens is 341 g/mol. The number of aromatic nitrogens is 1. The van der Waals surface area contributed by atoms with Gasteiger partial charge in [-0.1, -0.05) is 30.3 Å². The van der Waals surface area contributed by atoms with Crippen LogP contribution in [-0.2, 0) is 10.5 Å². The second-order valence-corrected chi connectivity index (χ2v) is 6.42. The SMILES string of the molecule is COC(=O)c1cn(C(=O)CSCc2ccc(F)cc2)c2ccccc12. The summed E-state index contributed by atoms with van der Waals surface area (Å²) in [4.78, 5) is 24.5. The van der Waals surface area contributed by atoms with Crippen molar-refractivity contribution in [2.45, 2.75) is 5.75 Å². The third-order valence-corrected chi connectivity index (χ3v) is 4.78. The van der Waals surface area contributed by atoms with Gasteiger partial charge >= 0.3 is 5.97 Å². The molecule has 128 valence electrons. The molecule has 0 fully saturated rings. The average Bonchev–Trinajstić information content (AvgIpc) is 3.02. The quantitative estimate of drug-likeness (QED) is 0.644. The minimum atomic E-state index is -0.471. The molecule has 0 N–H and O–H groups in total. The van der Waals surface area contributed by atoms with E-state index in [-0.39, 0.29) is 17.5 Å². The van der Waals surface area contributed by atoms with E-state index in [0.717, 1.165) is 5.56 Å². The molecule has 0 aliphatic rings. The van der Waals surface area contributed by atoms with Gasteiger partial charge in [0.2, 0.25) is 5.91 Å². The van der Waals surface area contributed by atoms with E-state index >= 15 is 0 Å². The van der Waals surface area contributed by atoms with E-state index in [0.29, 0.717) is 22.2 Å². The first-order chi connectivity index (χ1) is 12.1. The topological polar surface area (TPSA) is 48.3 Å². The number of methoxy groups -OCH3 is 1. The van der Waals surface area contributed by atoms with Gasteiger partial charge < -0.3 is 4.74 Å². The van der Waals surface area contributed by atoms with Crippen molar-refractivity contribution in [3.05, 3.63) is 71.7 Å². The molecule has 0 aliphatic carbocycles. The third-order valence-electron chi connectivity index (χ3n) is 3.79. The van der Waals surface area contributed by atoms with Gasteiger partial charge in [-0.05, 0) is 23.8 Å². The maximum atomic E-state index is 12.9. The Hall–Kier alpha value is -2.60. The largest absolute Gasteiger partial charge is 0.465 e. The summed E-state index contributed by atoms with van der Waals surface area (Å²) < 4.78 is 19.2. The number of benzene rings is 2. The van der Waals surface area contributed by atoms with Crippen LogP contribution >= 0.6 is 11.8 Å². The van der Waals surface area contributed by atoms with E-state index in [4.69, 9.17) is 4.74 Å². The molecule has 0 spiro atoms. The number of carbonyl (C=O) groups is 2. The lowest BCUT2D eigenvalue weighted by Gasteiger charge is -2.04. The molecule has 0 radical (unpaired) electrons. The lowest BCUT2D eigenvalue weighted by molar-refractivity contribution is 0.0603. The minimum Gasteiger partial charge on any atom is -0.465 e. The Morgan fingerprint density at radius 3 is 2.56 bits per heavy atom. The van der Waals surface area contributed by atoms with Crippen LogP contribution in [-0.4, -0.2) is 29.3 Å². The molecule has 0 saturated heterocycles. The summed E-state index contributed by atoms with van der Waals surface area (Å²) in [6.45, 7) is 0. The number of para-hydroxylation sites is 1. The molecule has 1 aromatic heterocycles. The highest BCUT2D eigenvalue weighted by molar-refractivity contribution is 7.99. The molecule has 0 aliphatic heterocycles. The molecule has 0 saturated carbocycles. The molecule has 1 heterocycles. The number of halogens is 1. The molecule has 2 aromatic carbocycles. The van der Waals surface area contributed by atoms with Crippen LogP contribution in [0.25, 0.3) is 10.9 Å². The van der Waals surface area contributed by atoms with Gasteiger partial charge in [-0.25, -0.2) is 9.18 Å². The number of hydrogen-bond acceptors (Lipinski definition) is 4. The lowest BCUT2D eigenvalue weighted by Crippen LogP contribution is -2.12. The molecular formula is C19H16FNO3S. The zero-order valence-corrected chi connectivity index (χ0v) is 14.4. The monoisotopic (exact) mass is 357 g/mol. The summed E-state index contributed by atoms with van der Waals surface area (Å²) in [7, 11) is 1.31. The van der Waals surface area contributed by atoms with Crippen LogP contribution in [0.5, 0.6) is 0 Å². The zero-order chi connectivity index (χ0) is 17.8. The van der Waals surface area contributed by atoms with Gasteiger partial charge in [0.05, 0.1) is 23.9 Å². The fourth-order valence-electron chi connectivity index (χ4n) is 2.56. The van der Waals surface area contributed by atoms with E-state index in [1.165, 1.54) is 41.8 Å². The van der Waals surface area contributed by atoms with E-state index in [1.54, 1.807) is 24.3 Å². The lowest BCUT2D eigenvalue weighted by atomic mass is 10.2. The van der Waals surface area contributed by atoms with Crippen LogP contribution in [0.4, 0.5) is 4.39 Å². The second kappa shape index (κ2) is 7.53. The van der Waals surface area contributed by atoms with Crippen molar-refractivity contribution in [3.8, 4) is 0 Å². The molecule has 25 heavy (non-hydrogen) atoms. The van der Waals surface area contributed by atoms with Crippen molar-refractivity contribution in [3.63, 3.8) is 0 Å². The first kappa shape index (κ1) is 17.2. The molecule has 3 rings (SSSR count). The maximum Gasteiger partial charge on any atom is 0.340 e. The Morgan fingerprint density at radius 1 is 1.12 bits per heavy atom. The third kappa shape index (κ3) is 3.74. The summed E-state index contributed by atoms with van der Waals surface area (Å²) in [5, 5.41) is 0.686. The molecule has 0 atom stereocenters. The van der Waals surface area contributed by atoms with Crippen LogP contribution in [0.15, 0.2) is 54.7 Å². The molecule has 0 amide bonds. The van der Waals surface area contributed by atoms with E-state index < -0.39 is 5.97 Å². The Kier molecular flexibility index (Phi) is 5.19. The van der Waals surface area contributed by atoms with Crippen molar-refractivity contribution in [1.29, 1.82) is 0 Å². The smallest absolute Gasteiger partial charge is 0.340 e.